The van der Waals surface area contributed by atoms with Gasteiger partial charge in [-0.3, -0.25) is 4.79 Å². The molecule has 1 heterocycles. The molecule has 4 aromatic rings. The summed E-state index contributed by atoms with van der Waals surface area (Å²) in [7, 11) is 0. The number of para-hydroxylation sites is 1. The third-order valence-electron chi connectivity index (χ3n) is 4.89. The normalized spacial score (nSPS) is 11.1. The number of aryl methyl sites for hydroxylation is 1. The van der Waals surface area contributed by atoms with E-state index < -0.39 is 5.97 Å². The molecule has 0 aliphatic heterocycles. The van der Waals surface area contributed by atoms with Crippen molar-refractivity contribution in [2.24, 2.45) is 0 Å². The summed E-state index contributed by atoms with van der Waals surface area (Å²) in [6.07, 6.45) is 0.754. The molecule has 0 unspecified atom stereocenters. The van der Waals surface area contributed by atoms with E-state index in [-0.39, 0.29) is 6.54 Å². The molecule has 0 bridgehead atoms. The van der Waals surface area contributed by atoms with Gasteiger partial charge in [-0.25, -0.2) is 0 Å². The van der Waals surface area contributed by atoms with Crippen molar-refractivity contribution < 1.29 is 19.4 Å². The fraction of sp³-hybridized carbons (Fsp3) is 0.208. The number of hydrogen-bond donors (Lipinski definition) is 1. The second kappa shape index (κ2) is 8.27. The highest BCUT2D eigenvalue weighted by atomic mass is 16.5. The first-order valence-corrected chi connectivity index (χ1v) is 9.67. The van der Waals surface area contributed by atoms with Crippen molar-refractivity contribution >= 4 is 27.8 Å². The topological polar surface area (TPSA) is 60.7 Å². The van der Waals surface area contributed by atoms with Gasteiger partial charge >= 0.3 is 5.97 Å². The Labute approximate surface area is 169 Å². The molecule has 0 aliphatic rings. The van der Waals surface area contributed by atoms with Crippen LogP contribution >= 0.6 is 0 Å². The third-order valence-corrected chi connectivity index (χ3v) is 4.89. The molecule has 0 saturated heterocycles. The fourth-order valence-electron chi connectivity index (χ4n) is 3.50. The largest absolute Gasteiger partial charge is 0.493 e. The zero-order chi connectivity index (χ0) is 20.2. The van der Waals surface area contributed by atoms with E-state index in [0.717, 1.165) is 39.7 Å². The fourth-order valence-corrected chi connectivity index (χ4v) is 3.50. The SMILES string of the molecule is Cc1ccc(OCCCOc2ccc3c4ccccc4n(CC(=O)O)c3c2)cc1. The monoisotopic (exact) mass is 389 g/mol. The molecule has 0 atom stereocenters. The van der Waals surface area contributed by atoms with Gasteiger partial charge in [0.2, 0.25) is 0 Å². The van der Waals surface area contributed by atoms with Gasteiger partial charge in [0.1, 0.15) is 18.0 Å². The Hall–Kier alpha value is -3.47. The van der Waals surface area contributed by atoms with E-state index in [1.807, 2.05) is 78.2 Å². The summed E-state index contributed by atoms with van der Waals surface area (Å²) in [6.45, 7) is 3.06. The Kier molecular flexibility index (Phi) is 5.38. The first kappa shape index (κ1) is 18.9. The first-order chi connectivity index (χ1) is 14.1. The Morgan fingerprint density at radius 1 is 0.862 bits per heavy atom. The molecule has 29 heavy (non-hydrogen) atoms. The van der Waals surface area contributed by atoms with Gasteiger partial charge in [0.25, 0.3) is 0 Å². The number of nitrogens with zero attached hydrogens (tertiary/aromatic N) is 1. The van der Waals surface area contributed by atoms with E-state index >= 15 is 0 Å². The molecule has 0 amide bonds. The Morgan fingerprint density at radius 2 is 1.52 bits per heavy atom. The summed E-state index contributed by atoms with van der Waals surface area (Å²) in [4.78, 5) is 11.4. The standard InChI is InChI=1S/C24H23NO4/c1-17-7-9-18(10-8-17)28-13-4-14-29-19-11-12-21-20-5-2-3-6-22(20)25(16-24(26)27)23(21)15-19/h2-3,5-12,15H,4,13-14,16H2,1H3,(H,26,27). The first-order valence-electron chi connectivity index (χ1n) is 9.67. The number of fused-ring (bicyclic) bond motifs is 3. The second-order valence-electron chi connectivity index (χ2n) is 7.04. The van der Waals surface area contributed by atoms with E-state index in [2.05, 4.69) is 0 Å². The number of hydrogen-bond acceptors (Lipinski definition) is 3. The van der Waals surface area contributed by atoms with Gasteiger partial charge in [0.05, 0.1) is 18.7 Å². The number of carbonyl (C=O) groups is 1. The molecular formula is C24H23NO4. The summed E-state index contributed by atoms with van der Waals surface area (Å²) in [5.41, 5.74) is 2.98. The average molecular weight is 389 g/mol. The summed E-state index contributed by atoms with van der Waals surface area (Å²) in [6, 6.07) is 21.7. The molecule has 0 radical (unpaired) electrons. The quantitative estimate of drug-likeness (QED) is 0.429. The van der Waals surface area contributed by atoms with Crippen molar-refractivity contribution in [1.29, 1.82) is 0 Å². The van der Waals surface area contributed by atoms with Crippen LogP contribution < -0.4 is 9.47 Å². The molecular weight excluding hydrogens is 366 g/mol. The van der Waals surface area contributed by atoms with Crippen LogP contribution in [0.25, 0.3) is 21.8 Å². The van der Waals surface area contributed by atoms with Crippen molar-refractivity contribution in [2.45, 2.75) is 19.9 Å². The van der Waals surface area contributed by atoms with Crippen molar-refractivity contribution in [1.82, 2.24) is 4.57 Å². The highest BCUT2D eigenvalue weighted by Crippen LogP contribution is 2.31. The molecule has 5 nitrogen and oxygen atoms in total. The number of carboxylic acids is 1. The van der Waals surface area contributed by atoms with E-state index in [1.54, 1.807) is 0 Å². The number of carboxylic acid groups (broad SMARTS) is 1. The smallest absolute Gasteiger partial charge is 0.323 e. The van der Waals surface area contributed by atoms with Crippen LogP contribution in [0.2, 0.25) is 0 Å². The van der Waals surface area contributed by atoms with Gasteiger partial charge in [-0.1, -0.05) is 35.9 Å². The minimum atomic E-state index is -0.868. The molecule has 1 N–H and O–H groups in total. The number of benzene rings is 3. The molecule has 0 saturated carbocycles. The summed E-state index contributed by atoms with van der Waals surface area (Å²) < 4.78 is 13.4. The number of ether oxygens (including phenoxy) is 2. The minimum absolute atomic E-state index is 0.0855. The molecule has 3 aromatic carbocycles. The van der Waals surface area contributed by atoms with E-state index in [0.29, 0.717) is 13.2 Å². The molecule has 5 heteroatoms. The predicted octanol–water partition coefficient (Wildman–Crippen LogP) is 5.04. The van der Waals surface area contributed by atoms with Crippen LogP contribution in [0.3, 0.4) is 0 Å². The molecule has 4 rings (SSSR count). The number of aliphatic carboxylic acids is 1. The summed E-state index contributed by atoms with van der Waals surface area (Å²) in [5.74, 6) is 0.713. The van der Waals surface area contributed by atoms with Crippen LogP contribution in [0.15, 0.2) is 66.7 Å². The van der Waals surface area contributed by atoms with Crippen molar-refractivity contribution in [3.8, 4) is 11.5 Å². The molecule has 148 valence electrons. The lowest BCUT2D eigenvalue weighted by Crippen LogP contribution is -2.08. The van der Waals surface area contributed by atoms with E-state index in [1.165, 1.54) is 5.56 Å². The van der Waals surface area contributed by atoms with Crippen LogP contribution in [-0.2, 0) is 11.3 Å². The van der Waals surface area contributed by atoms with Gasteiger partial charge in [0, 0.05) is 28.8 Å². The number of rotatable bonds is 8. The molecule has 0 aliphatic carbocycles. The van der Waals surface area contributed by atoms with Crippen LogP contribution in [0.1, 0.15) is 12.0 Å². The van der Waals surface area contributed by atoms with E-state index in [9.17, 15) is 9.90 Å². The van der Waals surface area contributed by atoms with Gasteiger partial charge < -0.3 is 19.1 Å². The van der Waals surface area contributed by atoms with E-state index in [4.69, 9.17) is 9.47 Å². The maximum atomic E-state index is 11.4. The minimum Gasteiger partial charge on any atom is -0.493 e. The lowest BCUT2D eigenvalue weighted by Gasteiger charge is -2.09. The highest BCUT2D eigenvalue weighted by Gasteiger charge is 2.13. The lowest BCUT2D eigenvalue weighted by atomic mass is 10.1. The Morgan fingerprint density at radius 3 is 2.28 bits per heavy atom. The van der Waals surface area contributed by atoms with Crippen LogP contribution in [-0.4, -0.2) is 28.9 Å². The Balaban J connectivity index is 1.45. The van der Waals surface area contributed by atoms with Crippen LogP contribution in [0.4, 0.5) is 0 Å². The van der Waals surface area contributed by atoms with Crippen molar-refractivity contribution in [2.75, 3.05) is 13.2 Å². The zero-order valence-corrected chi connectivity index (χ0v) is 16.3. The predicted molar refractivity (Wildman–Crippen MR) is 114 cm³/mol. The maximum Gasteiger partial charge on any atom is 0.323 e. The number of aromatic nitrogens is 1. The third kappa shape index (κ3) is 4.19. The van der Waals surface area contributed by atoms with Crippen LogP contribution in [0.5, 0.6) is 11.5 Å². The summed E-state index contributed by atoms with van der Waals surface area (Å²) in [5, 5.41) is 11.4. The second-order valence-corrected chi connectivity index (χ2v) is 7.04. The zero-order valence-electron chi connectivity index (χ0n) is 16.3. The van der Waals surface area contributed by atoms with Crippen LogP contribution in [0, 0.1) is 6.92 Å². The Bertz CT molecular complexity index is 1140. The van der Waals surface area contributed by atoms with Gasteiger partial charge in [0.15, 0.2) is 0 Å². The van der Waals surface area contributed by atoms with Crippen molar-refractivity contribution in [3.05, 3.63) is 72.3 Å². The van der Waals surface area contributed by atoms with Gasteiger partial charge in [-0.15, -0.1) is 0 Å². The molecule has 0 fully saturated rings. The summed E-state index contributed by atoms with van der Waals surface area (Å²) >= 11 is 0. The maximum absolute atomic E-state index is 11.4. The highest BCUT2D eigenvalue weighted by molar-refractivity contribution is 6.08. The average Bonchev–Trinajstić information content (AvgIpc) is 3.02. The van der Waals surface area contributed by atoms with Gasteiger partial charge in [-0.05, 0) is 37.3 Å². The lowest BCUT2D eigenvalue weighted by molar-refractivity contribution is -0.137. The molecule has 1 aromatic heterocycles. The molecule has 0 spiro atoms. The van der Waals surface area contributed by atoms with Gasteiger partial charge in [-0.2, -0.15) is 0 Å². The van der Waals surface area contributed by atoms with Crippen molar-refractivity contribution in [3.63, 3.8) is 0 Å².